The molecule has 2 nitrogen and oxygen atoms in total. The summed E-state index contributed by atoms with van der Waals surface area (Å²) < 4.78 is 80.5. The molecule has 0 bridgehead atoms. The third-order valence-electron chi connectivity index (χ3n) is 3.32. The Bertz CT molecular complexity index is 968. The fraction of sp³-hybridized carbons (Fsp3) is 0. The molecule has 0 aliphatic heterocycles. The average molecular weight is 318 g/mol. The minimum atomic E-state index is -2.05. The van der Waals surface area contributed by atoms with E-state index in [1.807, 2.05) is 0 Å². The molecule has 0 radical (unpaired) electrons. The minimum Gasteiger partial charge on any atom is -0.507 e. The van der Waals surface area contributed by atoms with Crippen LogP contribution in [0.3, 0.4) is 0 Å². The summed E-state index contributed by atoms with van der Waals surface area (Å²) in [7, 11) is 0. The molecule has 3 rings (SSSR count). The lowest BCUT2D eigenvalue weighted by Gasteiger charge is -2.11. The van der Waals surface area contributed by atoms with Gasteiger partial charge in [-0.1, -0.05) is 0 Å². The number of phenols is 2. The van der Waals surface area contributed by atoms with Gasteiger partial charge in [0.1, 0.15) is 5.75 Å². The summed E-state index contributed by atoms with van der Waals surface area (Å²) in [5.41, 5.74) is 0. The zero-order valence-corrected chi connectivity index (χ0v) is 10.3. The van der Waals surface area contributed by atoms with Gasteiger partial charge in [0.25, 0.3) is 0 Å². The first-order valence-corrected chi connectivity index (χ1v) is 5.74. The van der Waals surface area contributed by atoms with Crippen LogP contribution in [0.15, 0.2) is 12.1 Å². The second kappa shape index (κ2) is 4.43. The molecule has 0 amide bonds. The van der Waals surface area contributed by atoms with E-state index in [0.717, 1.165) is 0 Å². The normalized spacial score (nSPS) is 11.5. The van der Waals surface area contributed by atoms with E-state index in [-0.39, 0.29) is 0 Å². The molecule has 0 aliphatic carbocycles. The monoisotopic (exact) mass is 318 g/mol. The Morgan fingerprint density at radius 2 is 1.14 bits per heavy atom. The van der Waals surface area contributed by atoms with Crippen molar-refractivity contribution in [2.75, 3.05) is 0 Å². The van der Waals surface area contributed by atoms with E-state index in [4.69, 9.17) is 0 Å². The Labute approximate surface area is 117 Å². The molecule has 22 heavy (non-hydrogen) atoms. The van der Waals surface area contributed by atoms with Gasteiger partial charge in [-0.15, -0.1) is 0 Å². The molecule has 0 aromatic heterocycles. The SMILES string of the molecule is Oc1c(F)c(F)c(F)c2cc3c(F)c(F)c(F)cc3c(O)c12. The van der Waals surface area contributed by atoms with Gasteiger partial charge in [0.15, 0.2) is 34.8 Å². The standard InChI is InChI=1S/C14H4F6O2/c15-6-2-4-3(8(16)10(6)18)1-5-7(13(4)21)14(22)12(20)11(19)9(5)17/h1-2,21-22H. The van der Waals surface area contributed by atoms with E-state index in [9.17, 15) is 36.6 Å². The molecule has 0 atom stereocenters. The van der Waals surface area contributed by atoms with Crippen LogP contribution in [0.4, 0.5) is 26.3 Å². The first-order valence-electron chi connectivity index (χ1n) is 5.74. The molecule has 2 N–H and O–H groups in total. The van der Waals surface area contributed by atoms with E-state index in [1.54, 1.807) is 0 Å². The van der Waals surface area contributed by atoms with Crippen molar-refractivity contribution in [1.29, 1.82) is 0 Å². The molecular formula is C14H4F6O2. The van der Waals surface area contributed by atoms with Crippen molar-refractivity contribution in [3.05, 3.63) is 47.0 Å². The maximum Gasteiger partial charge on any atom is 0.204 e. The number of phenolic OH excluding ortho intramolecular Hbond substituents is 2. The summed E-state index contributed by atoms with van der Waals surface area (Å²) in [5, 5.41) is 16.2. The molecule has 3 aromatic rings. The van der Waals surface area contributed by atoms with Crippen molar-refractivity contribution in [3.8, 4) is 11.5 Å². The van der Waals surface area contributed by atoms with Crippen LogP contribution in [0.2, 0.25) is 0 Å². The Morgan fingerprint density at radius 1 is 0.545 bits per heavy atom. The number of hydrogen-bond acceptors (Lipinski definition) is 2. The Hall–Kier alpha value is -2.64. The molecule has 0 saturated carbocycles. The smallest absolute Gasteiger partial charge is 0.204 e. The molecule has 0 aliphatic rings. The highest BCUT2D eigenvalue weighted by Gasteiger charge is 2.25. The van der Waals surface area contributed by atoms with Crippen molar-refractivity contribution >= 4 is 21.5 Å². The number of hydrogen-bond donors (Lipinski definition) is 2. The van der Waals surface area contributed by atoms with Crippen LogP contribution in [-0.2, 0) is 0 Å². The molecule has 0 unspecified atom stereocenters. The molecular weight excluding hydrogens is 314 g/mol. The number of halogens is 6. The van der Waals surface area contributed by atoms with Crippen molar-refractivity contribution in [1.82, 2.24) is 0 Å². The van der Waals surface area contributed by atoms with E-state index in [0.29, 0.717) is 12.1 Å². The van der Waals surface area contributed by atoms with Gasteiger partial charge < -0.3 is 10.2 Å². The minimum absolute atomic E-state index is 0.390. The predicted molar refractivity (Wildman–Crippen MR) is 64.5 cm³/mol. The number of rotatable bonds is 0. The van der Waals surface area contributed by atoms with Gasteiger partial charge in [-0.3, -0.25) is 0 Å². The van der Waals surface area contributed by atoms with E-state index < -0.39 is 67.9 Å². The molecule has 114 valence electrons. The van der Waals surface area contributed by atoms with Crippen LogP contribution in [0.5, 0.6) is 11.5 Å². The Kier molecular flexibility index (Phi) is 2.88. The van der Waals surface area contributed by atoms with Gasteiger partial charge in [-0.2, -0.15) is 4.39 Å². The molecule has 0 spiro atoms. The topological polar surface area (TPSA) is 40.5 Å². The van der Waals surface area contributed by atoms with Gasteiger partial charge in [-0.05, 0) is 12.1 Å². The summed E-state index contributed by atoms with van der Waals surface area (Å²) in [5.74, 6) is -13.6. The molecule has 0 fully saturated rings. The zero-order valence-electron chi connectivity index (χ0n) is 10.3. The van der Waals surface area contributed by atoms with Gasteiger partial charge in [0.2, 0.25) is 5.82 Å². The highest BCUT2D eigenvalue weighted by atomic mass is 19.2. The van der Waals surface area contributed by atoms with Crippen molar-refractivity contribution < 1.29 is 36.6 Å². The van der Waals surface area contributed by atoms with E-state index >= 15 is 0 Å². The van der Waals surface area contributed by atoms with Gasteiger partial charge in [0.05, 0.1) is 5.39 Å². The van der Waals surface area contributed by atoms with Crippen molar-refractivity contribution in [3.63, 3.8) is 0 Å². The van der Waals surface area contributed by atoms with E-state index in [1.165, 1.54) is 0 Å². The quantitative estimate of drug-likeness (QED) is 0.370. The first kappa shape index (κ1) is 14.3. The van der Waals surface area contributed by atoms with Gasteiger partial charge in [-0.25, -0.2) is 22.0 Å². The van der Waals surface area contributed by atoms with Crippen LogP contribution in [0, 0.1) is 34.9 Å². The van der Waals surface area contributed by atoms with Gasteiger partial charge >= 0.3 is 0 Å². The first-order chi connectivity index (χ1) is 10.3. The summed E-state index contributed by atoms with van der Waals surface area (Å²) in [6.45, 7) is 0. The maximum atomic E-state index is 13.7. The van der Waals surface area contributed by atoms with Gasteiger partial charge in [0, 0.05) is 16.2 Å². The second-order valence-electron chi connectivity index (χ2n) is 4.52. The van der Waals surface area contributed by atoms with Crippen molar-refractivity contribution in [2.24, 2.45) is 0 Å². The average Bonchev–Trinajstić information content (AvgIpc) is 2.49. The van der Waals surface area contributed by atoms with Crippen LogP contribution in [0.25, 0.3) is 21.5 Å². The Morgan fingerprint density at radius 3 is 1.77 bits per heavy atom. The lowest BCUT2D eigenvalue weighted by molar-refractivity contribution is 0.392. The largest absolute Gasteiger partial charge is 0.507 e. The highest BCUT2D eigenvalue weighted by Crippen LogP contribution is 2.43. The van der Waals surface area contributed by atoms with Crippen LogP contribution >= 0.6 is 0 Å². The summed E-state index contributed by atoms with van der Waals surface area (Å²) in [6.07, 6.45) is 0. The summed E-state index contributed by atoms with van der Waals surface area (Å²) >= 11 is 0. The lowest BCUT2D eigenvalue weighted by Crippen LogP contribution is -1.97. The zero-order chi connectivity index (χ0) is 16.3. The molecule has 0 saturated heterocycles. The second-order valence-corrected chi connectivity index (χ2v) is 4.52. The van der Waals surface area contributed by atoms with Crippen LogP contribution in [-0.4, -0.2) is 10.2 Å². The lowest BCUT2D eigenvalue weighted by atomic mass is 9.99. The van der Waals surface area contributed by atoms with E-state index in [2.05, 4.69) is 0 Å². The van der Waals surface area contributed by atoms with Crippen LogP contribution in [0.1, 0.15) is 0 Å². The number of aromatic hydroxyl groups is 2. The maximum absolute atomic E-state index is 13.7. The summed E-state index contributed by atoms with van der Waals surface area (Å²) in [4.78, 5) is 0. The van der Waals surface area contributed by atoms with Crippen molar-refractivity contribution in [2.45, 2.75) is 0 Å². The summed E-state index contributed by atoms with van der Waals surface area (Å²) in [6, 6.07) is 0.931. The molecule has 8 heteroatoms. The predicted octanol–water partition coefficient (Wildman–Crippen LogP) is 4.24. The Balaban J connectivity index is 2.68. The third-order valence-corrected chi connectivity index (χ3v) is 3.32. The molecule has 0 heterocycles. The molecule has 3 aromatic carbocycles. The van der Waals surface area contributed by atoms with Crippen LogP contribution < -0.4 is 0 Å². The third kappa shape index (κ3) is 1.63. The highest BCUT2D eigenvalue weighted by molar-refractivity contribution is 6.08. The number of benzene rings is 3. The fourth-order valence-electron chi connectivity index (χ4n) is 2.27. The number of fused-ring (bicyclic) bond motifs is 2. The fourth-order valence-corrected chi connectivity index (χ4v) is 2.27.